The van der Waals surface area contributed by atoms with Gasteiger partial charge < -0.3 is 5.11 Å². The second kappa shape index (κ2) is 6.03. The van der Waals surface area contributed by atoms with Gasteiger partial charge in [-0.15, -0.1) is 0 Å². The zero-order chi connectivity index (χ0) is 13.8. The van der Waals surface area contributed by atoms with Gasteiger partial charge >= 0.3 is 0 Å². The molecule has 0 radical (unpaired) electrons. The molecular weight excluding hydrogens is 232 g/mol. The van der Waals surface area contributed by atoms with Crippen molar-refractivity contribution in [2.24, 2.45) is 0 Å². The van der Waals surface area contributed by atoms with Gasteiger partial charge in [-0.3, -0.25) is 0 Å². The SMILES string of the molecule is CCc1ccc(CC)c(C(O)c2ccccc2C)c1. The van der Waals surface area contributed by atoms with Crippen LogP contribution in [-0.4, -0.2) is 5.11 Å². The fraction of sp³-hybridized carbons (Fsp3) is 0.333. The minimum Gasteiger partial charge on any atom is -0.384 e. The molecule has 0 aliphatic carbocycles. The van der Waals surface area contributed by atoms with Crippen molar-refractivity contribution < 1.29 is 5.11 Å². The van der Waals surface area contributed by atoms with Gasteiger partial charge in [0.05, 0.1) is 0 Å². The molecule has 0 fully saturated rings. The summed E-state index contributed by atoms with van der Waals surface area (Å²) < 4.78 is 0. The zero-order valence-electron chi connectivity index (χ0n) is 12.0. The Morgan fingerprint density at radius 2 is 1.68 bits per heavy atom. The van der Waals surface area contributed by atoms with Gasteiger partial charge in [0, 0.05) is 0 Å². The van der Waals surface area contributed by atoms with E-state index in [2.05, 4.69) is 32.0 Å². The summed E-state index contributed by atoms with van der Waals surface area (Å²) in [6.07, 6.45) is 1.42. The highest BCUT2D eigenvalue weighted by molar-refractivity contribution is 5.41. The average Bonchev–Trinajstić information content (AvgIpc) is 2.46. The molecule has 0 bridgehead atoms. The normalized spacial score (nSPS) is 12.4. The highest BCUT2D eigenvalue weighted by Gasteiger charge is 2.15. The van der Waals surface area contributed by atoms with Crippen molar-refractivity contribution >= 4 is 0 Å². The molecule has 0 aliphatic rings. The molecule has 1 unspecified atom stereocenters. The largest absolute Gasteiger partial charge is 0.384 e. The fourth-order valence-corrected chi connectivity index (χ4v) is 2.50. The molecule has 100 valence electrons. The van der Waals surface area contributed by atoms with Crippen LogP contribution in [0.15, 0.2) is 42.5 Å². The van der Waals surface area contributed by atoms with E-state index in [1.54, 1.807) is 0 Å². The van der Waals surface area contributed by atoms with Crippen molar-refractivity contribution in [2.75, 3.05) is 0 Å². The third kappa shape index (κ3) is 2.87. The molecule has 0 saturated carbocycles. The van der Waals surface area contributed by atoms with E-state index < -0.39 is 6.10 Å². The molecule has 0 amide bonds. The van der Waals surface area contributed by atoms with E-state index in [-0.39, 0.29) is 0 Å². The van der Waals surface area contributed by atoms with E-state index in [1.807, 2.05) is 31.2 Å². The Bertz CT molecular complexity index is 557. The lowest BCUT2D eigenvalue weighted by Gasteiger charge is -2.18. The molecule has 0 saturated heterocycles. The Hall–Kier alpha value is -1.60. The van der Waals surface area contributed by atoms with Crippen LogP contribution in [0.3, 0.4) is 0 Å². The fourth-order valence-electron chi connectivity index (χ4n) is 2.50. The molecule has 1 atom stereocenters. The molecule has 0 heterocycles. The maximum Gasteiger partial charge on any atom is 0.105 e. The van der Waals surface area contributed by atoms with Crippen LogP contribution < -0.4 is 0 Å². The molecule has 2 aromatic rings. The van der Waals surface area contributed by atoms with Crippen LogP contribution in [0.1, 0.15) is 47.8 Å². The Kier molecular flexibility index (Phi) is 4.39. The van der Waals surface area contributed by atoms with Crippen molar-refractivity contribution in [3.05, 3.63) is 70.3 Å². The molecular formula is C18H22O. The van der Waals surface area contributed by atoms with Gasteiger partial charge in [-0.1, -0.05) is 56.3 Å². The number of aliphatic hydroxyl groups excluding tert-OH is 1. The standard InChI is InChI=1S/C18H22O/c1-4-14-10-11-15(5-2)17(12-14)18(19)16-9-7-6-8-13(16)3/h6-12,18-19H,4-5H2,1-3H3. The van der Waals surface area contributed by atoms with Gasteiger partial charge in [-0.2, -0.15) is 0 Å². The van der Waals surface area contributed by atoms with Crippen molar-refractivity contribution in [2.45, 2.75) is 39.7 Å². The summed E-state index contributed by atoms with van der Waals surface area (Å²) in [5, 5.41) is 10.7. The summed E-state index contributed by atoms with van der Waals surface area (Å²) in [6.45, 7) is 6.33. The minimum atomic E-state index is -0.525. The summed E-state index contributed by atoms with van der Waals surface area (Å²) in [7, 11) is 0. The van der Waals surface area contributed by atoms with E-state index >= 15 is 0 Å². The second-order valence-electron chi connectivity index (χ2n) is 5.00. The molecule has 1 N–H and O–H groups in total. The van der Waals surface area contributed by atoms with Crippen LogP contribution >= 0.6 is 0 Å². The predicted molar refractivity (Wildman–Crippen MR) is 80.4 cm³/mol. The van der Waals surface area contributed by atoms with Gasteiger partial charge in [0.2, 0.25) is 0 Å². The number of hydrogen-bond acceptors (Lipinski definition) is 1. The Balaban J connectivity index is 2.48. The third-order valence-electron chi connectivity index (χ3n) is 3.78. The monoisotopic (exact) mass is 254 g/mol. The van der Waals surface area contributed by atoms with Crippen LogP contribution in [0.25, 0.3) is 0 Å². The molecule has 2 rings (SSSR count). The van der Waals surface area contributed by atoms with Gasteiger partial charge in [-0.05, 0) is 47.6 Å². The Labute approximate surface area is 115 Å². The summed E-state index contributed by atoms with van der Waals surface area (Å²) in [5.41, 5.74) is 5.70. The van der Waals surface area contributed by atoms with Crippen molar-refractivity contribution in [1.82, 2.24) is 0 Å². The molecule has 2 aromatic carbocycles. The van der Waals surface area contributed by atoms with Crippen LogP contribution in [0.4, 0.5) is 0 Å². The number of aryl methyl sites for hydroxylation is 3. The molecule has 1 heteroatoms. The minimum absolute atomic E-state index is 0.525. The van der Waals surface area contributed by atoms with E-state index in [0.717, 1.165) is 29.5 Å². The van der Waals surface area contributed by atoms with Gasteiger partial charge in [-0.25, -0.2) is 0 Å². The maximum absolute atomic E-state index is 10.7. The van der Waals surface area contributed by atoms with Crippen LogP contribution in [0.2, 0.25) is 0 Å². The van der Waals surface area contributed by atoms with E-state index in [4.69, 9.17) is 0 Å². The first kappa shape index (κ1) is 13.8. The van der Waals surface area contributed by atoms with Crippen molar-refractivity contribution in [3.8, 4) is 0 Å². The lowest BCUT2D eigenvalue weighted by Crippen LogP contribution is -2.06. The lowest BCUT2D eigenvalue weighted by atomic mass is 9.91. The number of hydrogen-bond donors (Lipinski definition) is 1. The second-order valence-corrected chi connectivity index (χ2v) is 5.00. The number of rotatable bonds is 4. The quantitative estimate of drug-likeness (QED) is 0.867. The summed E-state index contributed by atoms with van der Waals surface area (Å²) in [5.74, 6) is 0. The molecule has 1 nitrogen and oxygen atoms in total. The highest BCUT2D eigenvalue weighted by Crippen LogP contribution is 2.28. The topological polar surface area (TPSA) is 20.2 Å². The van der Waals surface area contributed by atoms with Gasteiger partial charge in [0.15, 0.2) is 0 Å². The number of benzene rings is 2. The lowest BCUT2D eigenvalue weighted by molar-refractivity contribution is 0.218. The third-order valence-corrected chi connectivity index (χ3v) is 3.78. The Morgan fingerprint density at radius 1 is 0.947 bits per heavy atom. The van der Waals surface area contributed by atoms with E-state index in [9.17, 15) is 5.11 Å². The smallest absolute Gasteiger partial charge is 0.105 e. The first-order chi connectivity index (χ1) is 9.17. The first-order valence-corrected chi connectivity index (χ1v) is 7.02. The molecule has 0 aliphatic heterocycles. The van der Waals surface area contributed by atoms with E-state index in [1.165, 1.54) is 11.1 Å². The van der Waals surface area contributed by atoms with Crippen LogP contribution in [0, 0.1) is 6.92 Å². The summed E-state index contributed by atoms with van der Waals surface area (Å²) in [6, 6.07) is 14.5. The highest BCUT2D eigenvalue weighted by atomic mass is 16.3. The Morgan fingerprint density at radius 3 is 2.32 bits per heavy atom. The molecule has 0 aromatic heterocycles. The molecule has 0 spiro atoms. The van der Waals surface area contributed by atoms with Crippen molar-refractivity contribution in [1.29, 1.82) is 0 Å². The summed E-state index contributed by atoms with van der Waals surface area (Å²) in [4.78, 5) is 0. The number of aliphatic hydroxyl groups is 1. The molecule has 19 heavy (non-hydrogen) atoms. The average molecular weight is 254 g/mol. The first-order valence-electron chi connectivity index (χ1n) is 7.02. The van der Waals surface area contributed by atoms with Gasteiger partial charge in [0.25, 0.3) is 0 Å². The van der Waals surface area contributed by atoms with Gasteiger partial charge in [0.1, 0.15) is 6.10 Å². The van der Waals surface area contributed by atoms with Crippen LogP contribution in [-0.2, 0) is 12.8 Å². The zero-order valence-corrected chi connectivity index (χ0v) is 12.0. The van der Waals surface area contributed by atoms with Crippen LogP contribution in [0.5, 0.6) is 0 Å². The predicted octanol–water partition coefficient (Wildman–Crippen LogP) is 4.20. The van der Waals surface area contributed by atoms with Crippen molar-refractivity contribution in [3.63, 3.8) is 0 Å². The summed E-state index contributed by atoms with van der Waals surface area (Å²) >= 11 is 0. The van der Waals surface area contributed by atoms with E-state index in [0.29, 0.717) is 0 Å². The maximum atomic E-state index is 10.7.